The minimum atomic E-state index is -0.610. The minimum Gasteiger partial charge on any atom is -0.497 e. The zero-order valence-corrected chi connectivity index (χ0v) is 19.2. The lowest BCUT2D eigenvalue weighted by molar-refractivity contribution is 0.410. The van der Waals surface area contributed by atoms with E-state index in [0.29, 0.717) is 6.54 Å². The van der Waals surface area contributed by atoms with Crippen LogP contribution in [-0.2, 0) is 12.1 Å². The summed E-state index contributed by atoms with van der Waals surface area (Å²) in [6.45, 7) is 0.685. The lowest BCUT2D eigenvalue weighted by Crippen LogP contribution is -2.44. The fraction of sp³-hybridized carbons (Fsp3) is 0.172. The molecule has 0 spiro atoms. The SMILES string of the molecule is COc1ccc(C(NCc2ccccc2)(c2ccc(OC)cc2)c2ccc(OC)cc2)cc1. The van der Waals surface area contributed by atoms with Gasteiger partial charge in [0.25, 0.3) is 0 Å². The van der Waals surface area contributed by atoms with E-state index in [1.807, 2.05) is 42.5 Å². The Morgan fingerprint density at radius 1 is 0.515 bits per heavy atom. The number of benzene rings is 4. The second kappa shape index (κ2) is 10.2. The highest BCUT2D eigenvalue weighted by atomic mass is 16.5. The van der Waals surface area contributed by atoms with Gasteiger partial charge in [-0.3, -0.25) is 5.32 Å². The summed E-state index contributed by atoms with van der Waals surface area (Å²) in [6, 6.07) is 35.1. The monoisotopic (exact) mass is 439 g/mol. The summed E-state index contributed by atoms with van der Waals surface area (Å²) in [6.07, 6.45) is 0. The molecule has 0 saturated carbocycles. The molecule has 0 aliphatic rings. The molecule has 0 amide bonds. The summed E-state index contributed by atoms with van der Waals surface area (Å²) in [5.41, 5.74) is 3.91. The Morgan fingerprint density at radius 2 is 0.879 bits per heavy atom. The van der Waals surface area contributed by atoms with Crippen LogP contribution in [0.5, 0.6) is 17.2 Å². The van der Waals surface area contributed by atoms with E-state index >= 15 is 0 Å². The zero-order valence-electron chi connectivity index (χ0n) is 19.2. The Morgan fingerprint density at radius 3 is 1.21 bits per heavy atom. The van der Waals surface area contributed by atoms with Crippen molar-refractivity contribution in [2.24, 2.45) is 0 Å². The number of nitrogens with one attached hydrogen (secondary N) is 1. The van der Waals surface area contributed by atoms with Crippen LogP contribution in [0.1, 0.15) is 22.3 Å². The van der Waals surface area contributed by atoms with Gasteiger partial charge in [0.1, 0.15) is 17.2 Å². The van der Waals surface area contributed by atoms with Gasteiger partial charge in [-0.05, 0) is 58.7 Å². The Kier molecular flexibility index (Phi) is 6.96. The Bertz CT molecular complexity index is 1020. The molecule has 33 heavy (non-hydrogen) atoms. The molecular weight excluding hydrogens is 410 g/mol. The fourth-order valence-electron chi connectivity index (χ4n) is 4.16. The first kappa shape index (κ1) is 22.4. The summed E-state index contributed by atoms with van der Waals surface area (Å²) in [7, 11) is 5.05. The van der Waals surface area contributed by atoms with Crippen LogP contribution in [-0.4, -0.2) is 21.3 Å². The van der Waals surface area contributed by atoms with Crippen molar-refractivity contribution in [3.63, 3.8) is 0 Å². The quantitative estimate of drug-likeness (QED) is 0.335. The summed E-state index contributed by atoms with van der Waals surface area (Å²) >= 11 is 0. The van der Waals surface area contributed by atoms with Gasteiger partial charge in [0.2, 0.25) is 0 Å². The van der Waals surface area contributed by atoms with E-state index < -0.39 is 5.54 Å². The second-order valence-corrected chi connectivity index (χ2v) is 7.77. The molecule has 0 saturated heterocycles. The van der Waals surface area contributed by atoms with E-state index in [1.54, 1.807) is 21.3 Å². The van der Waals surface area contributed by atoms with Gasteiger partial charge in [-0.2, -0.15) is 0 Å². The van der Waals surface area contributed by atoms with Crippen molar-refractivity contribution in [3.05, 3.63) is 125 Å². The van der Waals surface area contributed by atoms with E-state index in [4.69, 9.17) is 14.2 Å². The maximum Gasteiger partial charge on any atom is 0.118 e. The number of rotatable bonds is 9. The second-order valence-electron chi connectivity index (χ2n) is 7.77. The predicted molar refractivity (Wildman–Crippen MR) is 132 cm³/mol. The van der Waals surface area contributed by atoms with E-state index in [0.717, 1.165) is 33.9 Å². The molecule has 168 valence electrons. The maximum absolute atomic E-state index is 5.43. The van der Waals surface area contributed by atoms with Gasteiger partial charge in [-0.25, -0.2) is 0 Å². The largest absolute Gasteiger partial charge is 0.497 e. The van der Waals surface area contributed by atoms with Crippen LogP contribution in [0.25, 0.3) is 0 Å². The number of hydrogen-bond acceptors (Lipinski definition) is 4. The van der Waals surface area contributed by atoms with Crippen LogP contribution < -0.4 is 19.5 Å². The smallest absolute Gasteiger partial charge is 0.118 e. The van der Waals surface area contributed by atoms with Crippen molar-refractivity contribution >= 4 is 0 Å². The van der Waals surface area contributed by atoms with Gasteiger partial charge in [0.05, 0.1) is 26.9 Å². The van der Waals surface area contributed by atoms with Gasteiger partial charge >= 0.3 is 0 Å². The third-order valence-electron chi connectivity index (χ3n) is 5.97. The molecular formula is C29H29NO3. The molecule has 0 aliphatic heterocycles. The van der Waals surface area contributed by atoms with Gasteiger partial charge in [-0.1, -0.05) is 66.7 Å². The van der Waals surface area contributed by atoms with Crippen LogP contribution in [0.4, 0.5) is 0 Å². The number of ether oxygens (including phenoxy) is 3. The Labute approximate surface area is 195 Å². The fourth-order valence-corrected chi connectivity index (χ4v) is 4.16. The summed E-state index contributed by atoms with van der Waals surface area (Å²) in [5, 5.41) is 3.89. The van der Waals surface area contributed by atoms with Gasteiger partial charge in [-0.15, -0.1) is 0 Å². The standard InChI is InChI=1S/C29H29NO3/c1-31-26-15-9-23(10-16-26)29(24-11-17-27(32-2)18-12-24,25-13-19-28(33-3)20-14-25)30-21-22-7-5-4-6-8-22/h4-20,30H,21H2,1-3H3. The molecule has 4 nitrogen and oxygen atoms in total. The highest BCUT2D eigenvalue weighted by molar-refractivity contribution is 5.52. The van der Waals surface area contributed by atoms with Gasteiger partial charge < -0.3 is 14.2 Å². The van der Waals surface area contributed by atoms with Gasteiger partial charge in [0.15, 0.2) is 0 Å². The average molecular weight is 440 g/mol. The Balaban J connectivity index is 1.91. The Hall–Kier alpha value is -3.76. The molecule has 0 aliphatic carbocycles. The first-order valence-corrected chi connectivity index (χ1v) is 10.9. The van der Waals surface area contributed by atoms with Crippen molar-refractivity contribution in [2.75, 3.05) is 21.3 Å². The minimum absolute atomic E-state index is 0.610. The van der Waals surface area contributed by atoms with Crippen LogP contribution >= 0.6 is 0 Å². The molecule has 0 radical (unpaired) electrons. The molecule has 0 unspecified atom stereocenters. The molecule has 1 N–H and O–H groups in total. The van der Waals surface area contributed by atoms with Crippen LogP contribution in [0.2, 0.25) is 0 Å². The third-order valence-corrected chi connectivity index (χ3v) is 5.97. The van der Waals surface area contributed by atoms with E-state index in [1.165, 1.54) is 5.56 Å². The van der Waals surface area contributed by atoms with Crippen LogP contribution in [0.3, 0.4) is 0 Å². The molecule has 0 atom stereocenters. The molecule has 4 aromatic rings. The van der Waals surface area contributed by atoms with E-state index in [9.17, 15) is 0 Å². The van der Waals surface area contributed by atoms with Crippen molar-refractivity contribution in [1.29, 1.82) is 0 Å². The number of methoxy groups -OCH3 is 3. The summed E-state index contributed by atoms with van der Waals surface area (Å²) < 4.78 is 16.3. The molecule has 4 heteroatoms. The summed E-state index contributed by atoms with van der Waals surface area (Å²) in [5.74, 6) is 2.46. The van der Waals surface area contributed by atoms with Crippen LogP contribution in [0.15, 0.2) is 103 Å². The van der Waals surface area contributed by atoms with Crippen molar-refractivity contribution in [1.82, 2.24) is 5.32 Å². The third kappa shape index (κ3) is 4.71. The van der Waals surface area contributed by atoms with Crippen molar-refractivity contribution < 1.29 is 14.2 Å². The highest BCUT2D eigenvalue weighted by Crippen LogP contribution is 2.39. The average Bonchev–Trinajstić information content (AvgIpc) is 2.90. The topological polar surface area (TPSA) is 39.7 Å². The van der Waals surface area contributed by atoms with Crippen molar-refractivity contribution in [3.8, 4) is 17.2 Å². The van der Waals surface area contributed by atoms with Crippen molar-refractivity contribution in [2.45, 2.75) is 12.1 Å². The first-order chi connectivity index (χ1) is 16.2. The molecule has 4 aromatic carbocycles. The summed E-state index contributed by atoms with van der Waals surface area (Å²) in [4.78, 5) is 0. The van der Waals surface area contributed by atoms with E-state index in [2.05, 4.69) is 66.0 Å². The first-order valence-electron chi connectivity index (χ1n) is 10.9. The molecule has 0 aromatic heterocycles. The molecule has 0 heterocycles. The predicted octanol–water partition coefficient (Wildman–Crippen LogP) is 5.79. The lowest BCUT2D eigenvalue weighted by Gasteiger charge is -2.37. The van der Waals surface area contributed by atoms with Gasteiger partial charge in [0, 0.05) is 6.54 Å². The van der Waals surface area contributed by atoms with Crippen LogP contribution in [0, 0.1) is 0 Å². The number of hydrogen-bond donors (Lipinski definition) is 1. The zero-order chi connectivity index (χ0) is 23.1. The maximum atomic E-state index is 5.43. The lowest BCUT2D eigenvalue weighted by atomic mass is 9.76. The normalized spacial score (nSPS) is 11.1. The molecule has 0 bridgehead atoms. The highest BCUT2D eigenvalue weighted by Gasteiger charge is 2.36. The molecule has 4 rings (SSSR count). The molecule has 0 fully saturated rings. The van der Waals surface area contributed by atoms with E-state index in [-0.39, 0.29) is 0 Å².